The molecule has 0 radical (unpaired) electrons. The van der Waals surface area contributed by atoms with Crippen LogP contribution in [0.3, 0.4) is 0 Å². The Morgan fingerprint density at radius 1 is 1.62 bits per heavy atom. The quantitative estimate of drug-likeness (QED) is 0.751. The van der Waals surface area contributed by atoms with Gasteiger partial charge >= 0.3 is 0 Å². The molecule has 0 bridgehead atoms. The highest BCUT2D eigenvalue weighted by Gasteiger charge is 2.09. The minimum Gasteiger partial charge on any atom is -0.394 e. The molecule has 1 heterocycles. The van der Waals surface area contributed by atoms with Gasteiger partial charge in [-0.2, -0.15) is 0 Å². The van der Waals surface area contributed by atoms with Gasteiger partial charge in [0.25, 0.3) is 5.91 Å². The van der Waals surface area contributed by atoms with Crippen molar-refractivity contribution in [1.29, 1.82) is 0 Å². The first kappa shape index (κ1) is 13.2. The fourth-order valence-corrected chi connectivity index (χ4v) is 1.77. The van der Waals surface area contributed by atoms with E-state index in [-0.39, 0.29) is 12.5 Å². The highest BCUT2D eigenvalue weighted by Crippen LogP contribution is 2.13. The number of carbonyl (C=O) groups excluding carboxylic acids is 1. The zero-order chi connectivity index (χ0) is 12.0. The number of aryl methyl sites for hydroxylation is 1. The third kappa shape index (κ3) is 3.96. The van der Waals surface area contributed by atoms with E-state index in [1.54, 1.807) is 10.6 Å². The topological polar surface area (TPSA) is 63.5 Å². The Labute approximate surface area is 103 Å². The molecule has 0 aromatic carbocycles. The van der Waals surface area contributed by atoms with E-state index in [9.17, 15) is 4.79 Å². The van der Waals surface area contributed by atoms with Crippen LogP contribution >= 0.6 is 15.9 Å². The highest BCUT2D eigenvalue weighted by atomic mass is 79.9. The number of aromatic nitrogens is 1. The summed E-state index contributed by atoms with van der Waals surface area (Å²) in [6.45, 7) is 1.13. The number of amides is 1. The maximum absolute atomic E-state index is 11.7. The third-order valence-corrected chi connectivity index (χ3v) is 2.41. The van der Waals surface area contributed by atoms with Crippen LogP contribution in [0.1, 0.15) is 10.5 Å². The van der Waals surface area contributed by atoms with Gasteiger partial charge in [-0.05, 0) is 22.0 Å². The Bertz CT molecular complexity index is 352. The number of aliphatic hydroxyl groups excluding tert-OH is 1. The van der Waals surface area contributed by atoms with Gasteiger partial charge in [-0.1, -0.05) is 0 Å². The van der Waals surface area contributed by atoms with Crippen molar-refractivity contribution in [2.75, 3.05) is 26.4 Å². The molecule has 1 aromatic heterocycles. The molecule has 0 spiro atoms. The van der Waals surface area contributed by atoms with E-state index in [0.29, 0.717) is 25.5 Å². The van der Waals surface area contributed by atoms with E-state index >= 15 is 0 Å². The average Bonchev–Trinajstić information content (AvgIpc) is 2.57. The molecule has 90 valence electrons. The average molecular weight is 291 g/mol. The lowest BCUT2D eigenvalue weighted by Gasteiger charge is -2.06. The first-order valence-electron chi connectivity index (χ1n) is 4.94. The number of hydrogen-bond donors (Lipinski definition) is 2. The number of hydrogen-bond acceptors (Lipinski definition) is 3. The second-order valence-electron chi connectivity index (χ2n) is 3.25. The number of rotatable bonds is 6. The number of carbonyl (C=O) groups is 1. The summed E-state index contributed by atoms with van der Waals surface area (Å²) in [7, 11) is 1.81. The van der Waals surface area contributed by atoms with Crippen LogP contribution in [0.4, 0.5) is 0 Å². The van der Waals surface area contributed by atoms with Gasteiger partial charge in [-0.25, -0.2) is 0 Å². The summed E-state index contributed by atoms with van der Waals surface area (Å²) >= 11 is 3.30. The standard InChI is InChI=1S/C10H15BrN2O3/c1-13-7-8(11)6-9(13)10(15)12-2-4-16-5-3-14/h6-7,14H,2-5H2,1H3,(H,12,15). The van der Waals surface area contributed by atoms with E-state index in [1.165, 1.54) is 0 Å². The van der Waals surface area contributed by atoms with E-state index in [4.69, 9.17) is 9.84 Å². The molecular weight excluding hydrogens is 276 g/mol. The molecule has 0 unspecified atom stereocenters. The molecule has 0 aliphatic heterocycles. The molecule has 2 N–H and O–H groups in total. The van der Waals surface area contributed by atoms with Gasteiger partial charge in [0.15, 0.2) is 0 Å². The van der Waals surface area contributed by atoms with Gasteiger partial charge in [0, 0.05) is 24.3 Å². The lowest BCUT2D eigenvalue weighted by Crippen LogP contribution is -2.28. The third-order valence-electron chi connectivity index (χ3n) is 1.97. The summed E-state index contributed by atoms with van der Waals surface area (Å²) in [4.78, 5) is 11.7. The van der Waals surface area contributed by atoms with Crippen molar-refractivity contribution in [3.8, 4) is 0 Å². The van der Waals surface area contributed by atoms with Gasteiger partial charge in [0.1, 0.15) is 5.69 Å². The fourth-order valence-electron chi connectivity index (χ4n) is 1.24. The maximum Gasteiger partial charge on any atom is 0.268 e. The van der Waals surface area contributed by atoms with Gasteiger partial charge in [-0.3, -0.25) is 4.79 Å². The van der Waals surface area contributed by atoms with Crippen LogP contribution in [0, 0.1) is 0 Å². The molecule has 1 rings (SSSR count). The largest absolute Gasteiger partial charge is 0.394 e. The number of nitrogens with zero attached hydrogens (tertiary/aromatic N) is 1. The molecular formula is C10H15BrN2O3. The van der Waals surface area contributed by atoms with Crippen LogP contribution in [-0.2, 0) is 11.8 Å². The van der Waals surface area contributed by atoms with Crippen LogP contribution in [0.2, 0.25) is 0 Å². The van der Waals surface area contributed by atoms with Crippen LogP contribution < -0.4 is 5.32 Å². The smallest absolute Gasteiger partial charge is 0.268 e. The van der Waals surface area contributed by atoms with Gasteiger partial charge in [0.2, 0.25) is 0 Å². The SMILES string of the molecule is Cn1cc(Br)cc1C(=O)NCCOCCO. The van der Waals surface area contributed by atoms with Gasteiger partial charge in [0.05, 0.1) is 19.8 Å². The molecule has 0 aliphatic carbocycles. The monoisotopic (exact) mass is 290 g/mol. The van der Waals surface area contributed by atoms with Crippen LogP contribution in [-0.4, -0.2) is 41.9 Å². The lowest BCUT2D eigenvalue weighted by molar-refractivity contribution is 0.0833. The first-order chi connectivity index (χ1) is 7.65. The normalized spacial score (nSPS) is 10.4. The number of nitrogens with one attached hydrogen (secondary N) is 1. The van der Waals surface area contributed by atoms with Crippen molar-refractivity contribution in [3.05, 3.63) is 22.4 Å². The molecule has 1 amide bonds. The van der Waals surface area contributed by atoms with Crippen molar-refractivity contribution in [3.63, 3.8) is 0 Å². The highest BCUT2D eigenvalue weighted by molar-refractivity contribution is 9.10. The Morgan fingerprint density at radius 2 is 2.38 bits per heavy atom. The fraction of sp³-hybridized carbons (Fsp3) is 0.500. The molecule has 16 heavy (non-hydrogen) atoms. The predicted molar refractivity (Wildman–Crippen MR) is 63.4 cm³/mol. The number of aliphatic hydroxyl groups is 1. The Balaban J connectivity index is 2.33. The van der Waals surface area contributed by atoms with Gasteiger partial charge in [-0.15, -0.1) is 0 Å². The second-order valence-corrected chi connectivity index (χ2v) is 4.16. The van der Waals surface area contributed by atoms with Crippen LogP contribution in [0.25, 0.3) is 0 Å². The van der Waals surface area contributed by atoms with E-state index < -0.39 is 0 Å². The van der Waals surface area contributed by atoms with Crippen molar-refractivity contribution in [2.24, 2.45) is 7.05 Å². The molecule has 5 nitrogen and oxygen atoms in total. The van der Waals surface area contributed by atoms with Crippen LogP contribution in [0.15, 0.2) is 16.7 Å². The number of halogens is 1. The van der Waals surface area contributed by atoms with Gasteiger partial charge < -0.3 is 19.7 Å². The molecule has 6 heteroatoms. The summed E-state index contributed by atoms with van der Waals surface area (Å²) in [6, 6.07) is 1.75. The summed E-state index contributed by atoms with van der Waals surface area (Å²) < 4.78 is 7.64. The Hall–Kier alpha value is -0.850. The first-order valence-corrected chi connectivity index (χ1v) is 5.73. The number of ether oxygens (including phenoxy) is 1. The predicted octanol–water partition coefficient (Wildman–Crippen LogP) is 0.526. The molecule has 0 atom stereocenters. The van der Waals surface area contributed by atoms with Crippen molar-refractivity contribution in [1.82, 2.24) is 9.88 Å². The van der Waals surface area contributed by atoms with Crippen molar-refractivity contribution < 1.29 is 14.6 Å². The summed E-state index contributed by atoms with van der Waals surface area (Å²) in [5.74, 6) is -0.138. The Morgan fingerprint density at radius 3 is 2.94 bits per heavy atom. The summed E-state index contributed by atoms with van der Waals surface area (Å²) in [5, 5.41) is 11.2. The minimum absolute atomic E-state index is 0.00129. The lowest BCUT2D eigenvalue weighted by atomic mass is 10.4. The van der Waals surface area contributed by atoms with Crippen molar-refractivity contribution in [2.45, 2.75) is 0 Å². The summed E-state index contributed by atoms with van der Waals surface area (Å²) in [6.07, 6.45) is 1.82. The molecule has 0 fully saturated rings. The molecule has 1 aromatic rings. The van der Waals surface area contributed by atoms with E-state index in [0.717, 1.165) is 4.47 Å². The molecule has 0 saturated heterocycles. The van der Waals surface area contributed by atoms with Crippen LogP contribution in [0.5, 0.6) is 0 Å². The van der Waals surface area contributed by atoms with E-state index in [2.05, 4.69) is 21.2 Å². The molecule has 0 aliphatic rings. The minimum atomic E-state index is -0.138. The zero-order valence-electron chi connectivity index (χ0n) is 9.07. The Kier molecular flexibility index (Phi) is 5.51. The zero-order valence-corrected chi connectivity index (χ0v) is 10.7. The van der Waals surface area contributed by atoms with E-state index in [1.807, 2.05) is 13.2 Å². The maximum atomic E-state index is 11.7. The second kappa shape index (κ2) is 6.67. The summed E-state index contributed by atoms with van der Waals surface area (Å²) in [5.41, 5.74) is 0.592. The van der Waals surface area contributed by atoms with Crippen molar-refractivity contribution >= 4 is 21.8 Å². The molecule has 0 saturated carbocycles.